The molecule has 0 saturated carbocycles. The molecule has 17 heavy (non-hydrogen) atoms. The summed E-state index contributed by atoms with van der Waals surface area (Å²) in [5, 5.41) is 9.35. The standard InChI is InChI=1S/C13H18BrNO2/c1-9(17)10-5-6-12(11(14)7-10)15(4)13(2,3)8-16/h5-7,16H,8H2,1-4H3. The van der Waals surface area contributed by atoms with E-state index in [9.17, 15) is 9.90 Å². The van der Waals surface area contributed by atoms with E-state index in [1.165, 1.54) is 0 Å². The van der Waals surface area contributed by atoms with E-state index in [0.717, 1.165) is 10.2 Å². The van der Waals surface area contributed by atoms with Crippen LogP contribution in [0, 0.1) is 0 Å². The zero-order valence-corrected chi connectivity index (χ0v) is 12.2. The summed E-state index contributed by atoms with van der Waals surface area (Å²) in [7, 11) is 1.92. The van der Waals surface area contributed by atoms with E-state index in [1.54, 1.807) is 13.0 Å². The number of likely N-dealkylation sites (N-methyl/N-ethyl adjacent to an activating group) is 1. The minimum atomic E-state index is -0.347. The van der Waals surface area contributed by atoms with Crippen molar-refractivity contribution in [3.8, 4) is 0 Å². The number of hydrogen-bond donors (Lipinski definition) is 1. The molecule has 3 nitrogen and oxygen atoms in total. The first kappa shape index (κ1) is 14.2. The molecule has 0 aliphatic carbocycles. The first-order chi connectivity index (χ1) is 7.79. The molecule has 1 aromatic carbocycles. The highest BCUT2D eigenvalue weighted by atomic mass is 79.9. The number of benzene rings is 1. The fraction of sp³-hybridized carbons (Fsp3) is 0.462. The Morgan fingerprint density at radius 3 is 2.47 bits per heavy atom. The molecular formula is C13H18BrNO2. The second kappa shape index (κ2) is 5.19. The molecule has 0 amide bonds. The van der Waals surface area contributed by atoms with Crippen LogP contribution in [0.1, 0.15) is 31.1 Å². The molecule has 0 aromatic heterocycles. The van der Waals surface area contributed by atoms with Gasteiger partial charge in [0.15, 0.2) is 5.78 Å². The normalized spacial score (nSPS) is 11.4. The smallest absolute Gasteiger partial charge is 0.159 e. The van der Waals surface area contributed by atoms with Crippen LogP contribution < -0.4 is 4.90 Å². The molecule has 1 N–H and O–H groups in total. The highest BCUT2D eigenvalue weighted by Crippen LogP contribution is 2.30. The molecule has 4 heteroatoms. The summed E-state index contributed by atoms with van der Waals surface area (Å²) in [6.45, 7) is 5.52. The summed E-state index contributed by atoms with van der Waals surface area (Å²) in [5.41, 5.74) is 1.28. The number of carbonyl (C=O) groups excluding carboxylic acids is 1. The third-order valence-corrected chi connectivity index (χ3v) is 3.65. The number of ketones is 1. The zero-order valence-electron chi connectivity index (χ0n) is 10.6. The fourth-order valence-corrected chi connectivity index (χ4v) is 2.07. The van der Waals surface area contributed by atoms with Gasteiger partial charge in [-0.15, -0.1) is 0 Å². The second-order valence-electron chi connectivity index (χ2n) is 4.75. The third-order valence-electron chi connectivity index (χ3n) is 3.01. The maximum absolute atomic E-state index is 11.3. The Morgan fingerprint density at radius 2 is 2.06 bits per heavy atom. The van der Waals surface area contributed by atoms with Gasteiger partial charge < -0.3 is 10.0 Å². The monoisotopic (exact) mass is 299 g/mol. The van der Waals surface area contributed by atoms with Crippen molar-refractivity contribution in [1.82, 2.24) is 0 Å². The average molecular weight is 300 g/mol. The van der Waals surface area contributed by atoms with Crippen molar-refractivity contribution in [2.75, 3.05) is 18.6 Å². The Bertz CT molecular complexity index is 429. The van der Waals surface area contributed by atoms with Gasteiger partial charge in [-0.3, -0.25) is 4.79 Å². The van der Waals surface area contributed by atoms with E-state index in [2.05, 4.69) is 15.9 Å². The molecular weight excluding hydrogens is 282 g/mol. The molecule has 0 aliphatic rings. The molecule has 0 bridgehead atoms. The highest BCUT2D eigenvalue weighted by Gasteiger charge is 2.24. The van der Waals surface area contributed by atoms with Crippen LogP contribution in [0.25, 0.3) is 0 Å². The molecule has 94 valence electrons. The molecule has 0 fully saturated rings. The van der Waals surface area contributed by atoms with Gasteiger partial charge in [0, 0.05) is 17.1 Å². The molecule has 0 heterocycles. The Hall–Kier alpha value is -0.870. The minimum absolute atomic E-state index is 0.0429. The lowest BCUT2D eigenvalue weighted by Crippen LogP contribution is -2.44. The number of carbonyl (C=O) groups is 1. The van der Waals surface area contributed by atoms with Crippen LogP contribution in [-0.2, 0) is 0 Å². The highest BCUT2D eigenvalue weighted by molar-refractivity contribution is 9.10. The molecule has 0 unspecified atom stereocenters. The van der Waals surface area contributed by atoms with Crippen LogP contribution in [0.4, 0.5) is 5.69 Å². The number of rotatable bonds is 4. The lowest BCUT2D eigenvalue weighted by Gasteiger charge is -2.36. The van der Waals surface area contributed by atoms with E-state index in [1.807, 2.05) is 37.9 Å². The van der Waals surface area contributed by atoms with Crippen molar-refractivity contribution in [2.24, 2.45) is 0 Å². The SMILES string of the molecule is CC(=O)c1ccc(N(C)C(C)(C)CO)c(Br)c1. The number of aliphatic hydroxyl groups is 1. The van der Waals surface area contributed by atoms with Crippen molar-refractivity contribution >= 4 is 27.4 Å². The predicted octanol–water partition coefficient (Wildman–Crippen LogP) is 2.86. The lowest BCUT2D eigenvalue weighted by molar-refractivity contribution is 0.101. The maximum atomic E-state index is 11.3. The largest absolute Gasteiger partial charge is 0.394 e. The zero-order chi connectivity index (χ0) is 13.2. The molecule has 1 rings (SSSR count). The van der Waals surface area contributed by atoms with E-state index >= 15 is 0 Å². The Morgan fingerprint density at radius 1 is 1.47 bits per heavy atom. The number of anilines is 1. The topological polar surface area (TPSA) is 40.5 Å². The van der Waals surface area contributed by atoms with Crippen LogP contribution in [0.3, 0.4) is 0 Å². The molecule has 0 atom stereocenters. The lowest BCUT2D eigenvalue weighted by atomic mass is 10.0. The Kier molecular flexibility index (Phi) is 4.33. The van der Waals surface area contributed by atoms with Gasteiger partial charge in [0.05, 0.1) is 17.8 Å². The molecule has 1 aromatic rings. The number of halogens is 1. The minimum Gasteiger partial charge on any atom is -0.394 e. The van der Waals surface area contributed by atoms with E-state index in [0.29, 0.717) is 5.56 Å². The maximum Gasteiger partial charge on any atom is 0.159 e. The summed E-state index contributed by atoms with van der Waals surface area (Å²) in [6.07, 6.45) is 0. The third kappa shape index (κ3) is 3.07. The van der Waals surface area contributed by atoms with Gasteiger partial charge >= 0.3 is 0 Å². The van der Waals surface area contributed by atoms with E-state index < -0.39 is 0 Å². The number of Topliss-reactive ketones (excluding diaryl/α,β-unsaturated/α-hetero) is 1. The Balaban J connectivity index is 3.12. The van der Waals surface area contributed by atoms with Crippen LogP contribution in [-0.4, -0.2) is 30.1 Å². The number of hydrogen-bond acceptors (Lipinski definition) is 3. The molecule has 0 saturated heterocycles. The summed E-state index contributed by atoms with van der Waals surface area (Å²) >= 11 is 3.46. The number of aliphatic hydroxyl groups excluding tert-OH is 1. The van der Waals surface area contributed by atoms with Gasteiger partial charge in [-0.2, -0.15) is 0 Å². The van der Waals surface area contributed by atoms with Crippen LogP contribution in [0.2, 0.25) is 0 Å². The van der Waals surface area contributed by atoms with Gasteiger partial charge in [0.2, 0.25) is 0 Å². The molecule has 0 aliphatic heterocycles. The predicted molar refractivity (Wildman–Crippen MR) is 73.7 cm³/mol. The second-order valence-corrected chi connectivity index (χ2v) is 5.61. The van der Waals surface area contributed by atoms with Crippen LogP contribution in [0.5, 0.6) is 0 Å². The van der Waals surface area contributed by atoms with Crippen molar-refractivity contribution in [2.45, 2.75) is 26.3 Å². The summed E-state index contributed by atoms with van der Waals surface area (Å²) < 4.78 is 0.856. The number of nitrogens with zero attached hydrogens (tertiary/aromatic N) is 1. The van der Waals surface area contributed by atoms with Gasteiger partial charge in [0.25, 0.3) is 0 Å². The van der Waals surface area contributed by atoms with Crippen LogP contribution >= 0.6 is 15.9 Å². The summed E-state index contributed by atoms with van der Waals surface area (Å²) in [6, 6.07) is 5.49. The molecule has 0 radical (unpaired) electrons. The first-order valence-corrected chi connectivity index (χ1v) is 6.24. The summed E-state index contributed by atoms with van der Waals surface area (Å²) in [5.74, 6) is 0.0429. The first-order valence-electron chi connectivity index (χ1n) is 5.45. The fourth-order valence-electron chi connectivity index (χ4n) is 1.43. The van der Waals surface area contributed by atoms with E-state index in [-0.39, 0.29) is 17.9 Å². The average Bonchev–Trinajstić information content (AvgIpc) is 2.27. The van der Waals surface area contributed by atoms with Crippen molar-refractivity contribution in [3.63, 3.8) is 0 Å². The Labute approximate surface area is 111 Å². The quantitative estimate of drug-likeness (QED) is 0.869. The van der Waals surface area contributed by atoms with Crippen molar-refractivity contribution in [3.05, 3.63) is 28.2 Å². The van der Waals surface area contributed by atoms with E-state index in [4.69, 9.17) is 0 Å². The van der Waals surface area contributed by atoms with Crippen LogP contribution in [0.15, 0.2) is 22.7 Å². The van der Waals surface area contributed by atoms with Crippen molar-refractivity contribution < 1.29 is 9.90 Å². The van der Waals surface area contributed by atoms with Crippen molar-refractivity contribution in [1.29, 1.82) is 0 Å². The van der Waals surface area contributed by atoms with Gasteiger partial charge in [-0.1, -0.05) is 0 Å². The summed E-state index contributed by atoms with van der Waals surface area (Å²) in [4.78, 5) is 13.2. The van der Waals surface area contributed by atoms with Gasteiger partial charge in [0.1, 0.15) is 0 Å². The van der Waals surface area contributed by atoms with Gasteiger partial charge in [-0.05, 0) is 54.9 Å². The molecule has 0 spiro atoms. The van der Waals surface area contributed by atoms with Gasteiger partial charge in [-0.25, -0.2) is 0 Å².